The molecule has 2 N–H and O–H groups in total. The van der Waals surface area contributed by atoms with Gasteiger partial charge in [0.1, 0.15) is 0 Å². The lowest BCUT2D eigenvalue weighted by Crippen LogP contribution is -2.32. The molecular formula is C15H18N4OS2. The molecule has 1 aliphatic carbocycles. The van der Waals surface area contributed by atoms with Gasteiger partial charge in [0.05, 0.1) is 5.25 Å². The van der Waals surface area contributed by atoms with E-state index < -0.39 is 0 Å². The first-order valence-electron chi connectivity index (χ1n) is 7.24. The van der Waals surface area contributed by atoms with Gasteiger partial charge in [-0.15, -0.1) is 10.2 Å². The molecule has 3 rings (SSSR count). The summed E-state index contributed by atoms with van der Waals surface area (Å²) < 4.78 is 0.800. The maximum Gasteiger partial charge on any atom is 0.233 e. The fourth-order valence-electron chi connectivity index (χ4n) is 1.91. The molecule has 2 aromatic rings. The topological polar surface area (TPSA) is 66.9 Å². The van der Waals surface area contributed by atoms with Gasteiger partial charge in [-0.25, -0.2) is 0 Å². The molecule has 1 amide bonds. The summed E-state index contributed by atoms with van der Waals surface area (Å²) in [6, 6.07) is 8.49. The SMILES string of the molecule is Cc1cccc(Nc2nnc(S[C@H](C)C(=O)NC3CC3)s2)c1. The van der Waals surface area contributed by atoms with Gasteiger partial charge in [-0.05, 0) is 44.4 Å². The van der Waals surface area contributed by atoms with Gasteiger partial charge in [-0.2, -0.15) is 0 Å². The highest BCUT2D eigenvalue weighted by atomic mass is 32.2. The Kier molecular flexibility index (Phi) is 4.63. The molecule has 0 bridgehead atoms. The van der Waals surface area contributed by atoms with E-state index in [0.717, 1.165) is 28.0 Å². The van der Waals surface area contributed by atoms with E-state index in [2.05, 4.69) is 26.9 Å². The second kappa shape index (κ2) is 6.66. The lowest BCUT2D eigenvalue weighted by atomic mass is 10.2. The first-order valence-corrected chi connectivity index (χ1v) is 8.94. The van der Waals surface area contributed by atoms with Gasteiger partial charge in [0.15, 0.2) is 4.34 Å². The molecule has 1 saturated carbocycles. The minimum atomic E-state index is -0.152. The molecule has 0 radical (unpaired) electrons. The molecule has 1 heterocycles. The van der Waals surface area contributed by atoms with Crippen LogP contribution in [-0.4, -0.2) is 27.4 Å². The highest BCUT2D eigenvalue weighted by Gasteiger charge is 2.26. The van der Waals surface area contributed by atoms with Crippen molar-refractivity contribution in [3.05, 3.63) is 29.8 Å². The summed E-state index contributed by atoms with van der Waals surface area (Å²) in [5, 5.41) is 15.1. The monoisotopic (exact) mass is 334 g/mol. The lowest BCUT2D eigenvalue weighted by Gasteiger charge is -2.08. The van der Waals surface area contributed by atoms with E-state index in [1.807, 2.05) is 32.0 Å². The van der Waals surface area contributed by atoms with E-state index in [1.54, 1.807) is 0 Å². The van der Waals surface area contributed by atoms with Crippen LogP contribution in [0, 0.1) is 6.92 Å². The number of thioether (sulfide) groups is 1. The van der Waals surface area contributed by atoms with E-state index >= 15 is 0 Å². The molecule has 0 aliphatic heterocycles. The zero-order valence-corrected chi connectivity index (χ0v) is 14.1. The van der Waals surface area contributed by atoms with E-state index in [1.165, 1.54) is 28.7 Å². The van der Waals surface area contributed by atoms with Gasteiger partial charge in [0.25, 0.3) is 0 Å². The van der Waals surface area contributed by atoms with E-state index in [-0.39, 0.29) is 11.2 Å². The Hall–Kier alpha value is -1.60. The molecule has 0 unspecified atom stereocenters. The molecule has 1 aromatic carbocycles. The predicted molar refractivity (Wildman–Crippen MR) is 90.9 cm³/mol. The first kappa shape index (κ1) is 15.3. The summed E-state index contributed by atoms with van der Waals surface area (Å²) in [6.45, 7) is 3.95. The van der Waals surface area contributed by atoms with Crippen LogP contribution in [0.1, 0.15) is 25.3 Å². The average molecular weight is 334 g/mol. The number of nitrogens with zero attached hydrogens (tertiary/aromatic N) is 2. The number of amides is 1. The Morgan fingerprint density at radius 1 is 1.41 bits per heavy atom. The molecule has 1 fully saturated rings. The van der Waals surface area contributed by atoms with Gasteiger partial charge in [-0.3, -0.25) is 4.79 Å². The number of carbonyl (C=O) groups is 1. The first-order chi connectivity index (χ1) is 10.6. The van der Waals surface area contributed by atoms with E-state index in [9.17, 15) is 4.79 Å². The Bertz CT molecular complexity index is 669. The Balaban J connectivity index is 1.57. The van der Waals surface area contributed by atoms with Crippen LogP contribution in [0.4, 0.5) is 10.8 Å². The molecular weight excluding hydrogens is 316 g/mol. The second-order valence-corrected chi connectivity index (χ2v) is 7.98. The molecule has 116 valence electrons. The van der Waals surface area contributed by atoms with Crippen molar-refractivity contribution < 1.29 is 4.79 Å². The number of benzene rings is 1. The van der Waals surface area contributed by atoms with Gasteiger partial charge in [0, 0.05) is 11.7 Å². The highest BCUT2D eigenvalue weighted by molar-refractivity contribution is 8.02. The largest absolute Gasteiger partial charge is 0.352 e. The number of nitrogens with one attached hydrogen (secondary N) is 2. The van der Waals surface area contributed by atoms with Crippen LogP contribution in [0.3, 0.4) is 0 Å². The smallest absolute Gasteiger partial charge is 0.233 e. The average Bonchev–Trinajstić information content (AvgIpc) is 3.18. The summed E-state index contributed by atoms with van der Waals surface area (Å²) in [7, 11) is 0. The highest BCUT2D eigenvalue weighted by Crippen LogP contribution is 2.31. The number of hydrogen-bond acceptors (Lipinski definition) is 6. The van der Waals surface area contributed by atoms with Crippen molar-refractivity contribution in [3.63, 3.8) is 0 Å². The van der Waals surface area contributed by atoms with Gasteiger partial charge in [0.2, 0.25) is 11.0 Å². The number of rotatable bonds is 6. The maximum atomic E-state index is 11.9. The van der Waals surface area contributed by atoms with Crippen molar-refractivity contribution in [1.29, 1.82) is 0 Å². The zero-order valence-electron chi connectivity index (χ0n) is 12.5. The van der Waals surface area contributed by atoms with Crippen molar-refractivity contribution in [2.24, 2.45) is 0 Å². The van der Waals surface area contributed by atoms with E-state index in [0.29, 0.717) is 6.04 Å². The summed E-state index contributed by atoms with van der Waals surface area (Å²) in [5.74, 6) is 0.0795. The van der Waals surface area contributed by atoms with Crippen LogP contribution in [0.2, 0.25) is 0 Å². The molecule has 1 atom stereocenters. The minimum absolute atomic E-state index is 0.0795. The number of carbonyl (C=O) groups excluding carboxylic acids is 1. The molecule has 1 aromatic heterocycles. The molecule has 0 saturated heterocycles. The van der Waals surface area contributed by atoms with Crippen LogP contribution in [-0.2, 0) is 4.79 Å². The molecule has 0 spiro atoms. The molecule has 5 nitrogen and oxygen atoms in total. The Labute approximate surface area is 137 Å². The molecule has 7 heteroatoms. The molecule has 1 aliphatic rings. The summed E-state index contributed by atoms with van der Waals surface area (Å²) in [6.07, 6.45) is 2.21. The van der Waals surface area contributed by atoms with Crippen molar-refractivity contribution in [3.8, 4) is 0 Å². The second-order valence-electron chi connectivity index (χ2n) is 5.41. The van der Waals surface area contributed by atoms with Crippen LogP contribution in [0.25, 0.3) is 0 Å². The standard InChI is InChI=1S/C15H18N4OS2/c1-9-4-3-5-12(8-9)17-14-18-19-15(22-14)21-10(2)13(20)16-11-6-7-11/h3-5,8,10-11H,6-7H2,1-2H3,(H,16,20)(H,17,18)/t10-/m1/s1. The third kappa shape index (κ3) is 4.20. The van der Waals surface area contributed by atoms with E-state index in [4.69, 9.17) is 0 Å². The summed E-state index contributed by atoms with van der Waals surface area (Å²) >= 11 is 2.91. The van der Waals surface area contributed by atoms with Crippen molar-refractivity contribution in [1.82, 2.24) is 15.5 Å². The lowest BCUT2D eigenvalue weighted by molar-refractivity contribution is -0.120. The number of hydrogen-bond donors (Lipinski definition) is 2. The van der Waals surface area contributed by atoms with Crippen LogP contribution >= 0.6 is 23.1 Å². The Morgan fingerprint density at radius 3 is 2.95 bits per heavy atom. The third-order valence-electron chi connectivity index (χ3n) is 3.25. The number of aryl methyl sites for hydroxylation is 1. The predicted octanol–water partition coefficient (Wildman–Crippen LogP) is 3.35. The Morgan fingerprint density at radius 2 is 2.23 bits per heavy atom. The van der Waals surface area contributed by atoms with Gasteiger partial charge < -0.3 is 10.6 Å². The summed E-state index contributed by atoms with van der Waals surface area (Å²) in [5.41, 5.74) is 2.18. The maximum absolute atomic E-state index is 11.9. The van der Waals surface area contributed by atoms with Gasteiger partial charge >= 0.3 is 0 Å². The quantitative estimate of drug-likeness (QED) is 0.793. The number of anilines is 2. The van der Waals surface area contributed by atoms with Crippen LogP contribution in [0.5, 0.6) is 0 Å². The molecule has 22 heavy (non-hydrogen) atoms. The number of aromatic nitrogens is 2. The normalized spacial score (nSPS) is 15.4. The van der Waals surface area contributed by atoms with Crippen molar-refractivity contribution >= 4 is 39.8 Å². The summed E-state index contributed by atoms with van der Waals surface area (Å²) in [4.78, 5) is 11.9. The third-order valence-corrected chi connectivity index (χ3v) is 5.27. The van der Waals surface area contributed by atoms with Crippen LogP contribution in [0.15, 0.2) is 28.6 Å². The van der Waals surface area contributed by atoms with Gasteiger partial charge in [-0.1, -0.05) is 35.2 Å². The van der Waals surface area contributed by atoms with Crippen molar-refractivity contribution in [2.45, 2.75) is 42.3 Å². The fraction of sp³-hybridized carbons (Fsp3) is 0.400. The van der Waals surface area contributed by atoms with Crippen molar-refractivity contribution in [2.75, 3.05) is 5.32 Å². The minimum Gasteiger partial charge on any atom is -0.352 e. The van der Waals surface area contributed by atoms with Crippen LogP contribution < -0.4 is 10.6 Å². The fourth-order valence-corrected chi connectivity index (χ4v) is 3.83. The zero-order chi connectivity index (χ0) is 15.5.